The highest BCUT2D eigenvalue weighted by Gasteiger charge is 2.30. The van der Waals surface area contributed by atoms with E-state index >= 15 is 0 Å². The highest BCUT2D eigenvalue weighted by Crippen LogP contribution is 2.19. The summed E-state index contributed by atoms with van der Waals surface area (Å²) in [5.74, 6) is 0.0328. The third kappa shape index (κ3) is 4.32. The van der Waals surface area contributed by atoms with Crippen molar-refractivity contribution in [2.45, 2.75) is 32.4 Å². The number of nitrogens with one attached hydrogen (secondary N) is 1. The van der Waals surface area contributed by atoms with Crippen LogP contribution in [0, 0.1) is 5.92 Å². The van der Waals surface area contributed by atoms with E-state index in [-0.39, 0.29) is 17.9 Å². The quantitative estimate of drug-likeness (QED) is 0.809. The highest BCUT2D eigenvalue weighted by atomic mass is 16.5. The predicted molar refractivity (Wildman–Crippen MR) is 77.2 cm³/mol. The molecule has 0 spiro atoms. The highest BCUT2D eigenvalue weighted by molar-refractivity contribution is 5.76. The first kappa shape index (κ1) is 15.0. The molecule has 1 N–H and O–H groups in total. The van der Waals surface area contributed by atoms with Gasteiger partial charge in [0.2, 0.25) is 0 Å². The first-order valence-corrected chi connectivity index (χ1v) is 7.33. The van der Waals surface area contributed by atoms with E-state index < -0.39 is 0 Å². The van der Waals surface area contributed by atoms with Gasteiger partial charge < -0.3 is 9.47 Å². The van der Waals surface area contributed by atoms with Crippen LogP contribution in [0.2, 0.25) is 0 Å². The molecule has 0 radical (unpaired) electrons. The lowest BCUT2D eigenvalue weighted by atomic mass is 9.93. The Balaban J connectivity index is 1.96. The lowest BCUT2D eigenvalue weighted by Crippen LogP contribution is -2.46. The number of ether oxygens (including phenoxy) is 2. The molecule has 4 heteroatoms. The molecule has 1 aliphatic heterocycles. The SMILES string of the molecule is CCOC(=O)C(NCc1ccccc1)C1CCCOC1. The molecular weight excluding hydrogens is 254 g/mol. The van der Waals surface area contributed by atoms with E-state index in [4.69, 9.17) is 9.47 Å². The zero-order valence-corrected chi connectivity index (χ0v) is 12.0. The van der Waals surface area contributed by atoms with Crippen molar-refractivity contribution < 1.29 is 14.3 Å². The molecule has 20 heavy (non-hydrogen) atoms. The Hall–Kier alpha value is -1.39. The second-order valence-corrected chi connectivity index (χ2v) is 5.07. The summed E-state index contributed by atoms with van der Waals surface area (Å²) in [6.45, 7) is 4.34. The van der Waals surface area contributed by atoms with E-state index in [1.165, 1.54) is 5.56 Å². The lowest BCUT2D eigenvalue weighted by molar-refractivity contribution is -0.148. The van der Waals surface area contributed by atoms with Gasteiger partial charge in [0, 0.05) is 19.1 Å². The van der Waals surface area contributed by atoms with Crippen LogP contribution in [0.5, 0.6) is 0 Å². The second kappa shape index (κ2) is 8.02. The molecule has 1 aromatic rings. The van der Waals surface area contributed by atoms with Gasteiger partial charge in [-0.3, -0.25) is 10.1 Å². The minimum atomic E-state index is -0.282. The molecular formula is C16H23NO3. The average molecular weight is 277 g/mol. The first-order valence-electron chi connectivity index (χ1n) is 7.33. The molecule has 110 valence electrons. The fraction of sp³-hybridized carbons (Fsp3) is 0.562. The van der Waals surface area contributed by atoms with Gasteiger partial charge in [0.05, 0.1) is 13.2 Å². The van der Waals surface area contributed by atoms with E-state index in [9.17, 15) is 4.79 Å². The van der Waals surface area contributed by atoms with Gasteiger partial charge in [-0.15, -0.1) is 0 Å². The van der Waals surface area contributed by atoms with Crippen LogP contribution in [0.1, 0.15) is 25.3 Å². The fourth-order valence-electron chi connectivity index (χ4n) is 2.53. The van der Waals surface area contributed by atoms with Gasteiger partial charge >= 0.3 is 5.97 Å². The van der Waals surface area contributed by atoms with Crippen molar-refractivity contribution in [1.82, 2.24) is 5.32 Å². The van der Waals surface area contributed by atoms with Crippen LogP contribution >= 0.6 is 0 Å². The Labute approximate surface area is 120 Å². The Bertz CT molecular complexity index is 401. The van der Waals surface area contributed by atoms with Gasteiger partial charge in [0.25, 0.3) is 0 Å². The number of hydrogen-bond donors (Lipinski definition) is 1. The maximum atomic E-state index is 12.1. The molecule has 2 rings (SSSR count). The summed E-state index contributed by atoms with van der Waals surface area (Å²) >= 11 is 0. The van der Waals surface area contributed by atoms with Gasteiger partial charge in [-0.2, -0.15) is 0 Å². The maximum absolute atomic E-state index is 12.1. The second-order valence-electron chi connectivity index (χ2n) is 5.07. The van der Waals surface area contributed by atoms with Crippen molar-refractivity contribution in [2.24, 2.45) is 5.92 Å². The standard InChI is InChI=1S/C16H23NO3/c1-2-20-16(18)15(14-9-6-10-19-12-14)17-11-13-7-4-3-5-8-13/h3-5,7-8,14-15,17H,2,6,9-12H2,1H3. The molecule has 0 saturated carbocycles. The summed E-state index contributed by atoms with van der Waals surface area (Å²) in [5, 5.41) is 3.34. The van der Waals surface area contributed by atoms with Crippen molar-refractivity contribution in [3.8, 4) is 0 Å². The monoisotopic (exact) mass is 277 g/mol. The number of carbonyl (C=O) groups is 1. The van der Waals surface area contributed by atoms with Gasteiger partial charge in [-0.05, 0) is 25.3 Å². The van der Waals surface area contributed by atoms with Crippen LogP contribution in [-0.2, 0) is 20.8 Å². The molecule has 4 nitrogen and oxygen atoms in total. The van der Waals surface area contributed by atoms with Crippen molar-refractivity contribution >= 4 is 5.97 Å². The molecule has 0 aliphatic carbocycles. The summed E-state index contributed by atoms with van der Waals surface area (Å²) in [6, 6.07) is 9.80. The van der Waals surface area contributed by atoms with Gasteiger partial charge in [0.1, 0.15) is 6.04 Å². The molecule has 1 heterocycles. The van der Waals surface area contributed by atoms with E-state index in [1.54, 1.807) is 0 Å². The molecule has 0 amide bonds. The Kier molecular flexibility index (Phi) is 6.02. The Morgan fingerprint density at radius 1 is 1.45 bits per heavy atom. The lowest BCUT2D eigenvalue weighted by Gasteiger charge is -2.29. The number of rotatable bonds is 6. The average Bonchev–Trinajstić information content (AvgIpc) is 2.50. The number of esters is 1. The molecule has 0 bridgehead atoms. The summed E-state index contributed by atoms with van der Waals surface area (Å²) < 4.78 is 10.7. The number of hydrogen-bond acceptors (Lipinski definition) is 4. The predicted octanol–water partition coefficient (Wildman–Crippen LogP) is 2.13. The van der Waals surface area contributed by atoms with Crippen LogP contribution in [0.4, 0.5) is 0 Å². The van der Waals surface area contributed by atoms with E-state index in [0.717, 1.165) is 19.4 Å². The molecule has 2 atom stereocenters. The van der Waals surface area contributed by atoms with Crippen molar-refractivity contribution in [1.29, 1.82) is 0 Å². The zero-order valence-electron chi connectivity index (χ0n) is 12.0. The summed E-state index contributed by atoms with van der Waals surface area (Å²) in [7, 11) is 0. The third-order valence-corrected chi connectivity index (χ3v) is 3.58. The van der Waals surface area contributed by atoms with Crippen LogP contribution in [0.25, 0.3) is 0 Å². The smallest absolute Gasteiger partial charge is 0.323 e. The van der Waals surface area contributed by atoms with E-state index in [1.807, 2.05) is 37.3 Å². The Morgan fingerprint density at radius 3 is 2.90 bits per heavy atom. The minimum Gasteiger partial charge on any atom is -0.465 e. The summed E-state index contributed by atoms with van der Waals surface area (Å²) in [5.41, 5.74) is 1.17. The Morgan fingerprint density at radius 2 is 2.25 bits per heavy atom. The van der Waals surface area contributed by atoms with Gasteiger partial charge in [-0.1, -0.05) is 30.3 Å². The maximum Gasteiger partial charge on any atom is 0.323 e. The van der Waals surface area contributed by atoms with Crippen molar-refractivity contribution in [3.05, 3.63) is 35.9 Å². The minimum absolute atomic E-state index is 0.168. The van der Waals surface area contributed by atoms with Gasteiger partial charge in [0.15, 0.2) is 0 Å². The van der Waals surface area contributed by atoms with Crippen molar-refractivity contribution in [3.63, 3.8) is 0 Å². The van der Waals surface area contributed by atoms with E-state index in [2.05, 4.69) is 5.32 Å². The summed E-state index contributed by atoms with van der Waals surface area (Å²) in [4.78, 5) is 12.1. The molecule has 2 unspecified atom stereocenters. The van der Waals surface area contributed by atoms with Crippen LogP contribution in [-0.4, -0.2) is 31.8 Å². The topological polar surface area (TPSA) is 47.6 Å². The number of carbonyl (C=O) groups excluding carboxylic acids is 1. The molecule has 1 saturated heterocycles. The number of benzene rings is 1. The fourth-order valence-corrected chi connectivity index (χ4v) is 2.53. The summed E-state index contributed by atoms with van der Waals surface area (Å²) in [6.07, 6.45) is 2.01. The zero-order chi connectivity index (χ0) is 14.2. The van der Waals surface area contributed by atoms with Crippen LogP contribution in [0.3, 0.4) is 0 Å². The molecule has 1 aliphatic rings. The molecule has 1 fully saturated rings. The van der Waals surface area contributed by atoms with Crippen LogP contribution in [0.15, 0.2) is 30.3 Å². The third-order valence-electron chi connectivity index (χ3n) is 3.58. The largest absolute Gasteiger partial charge is 0.465 e. The van der Waals surface area contributed by atoms with Gasteiger partial charge in [-0.25, -0.2) is 0 Å². The van der Waals surface area contributed by atoms with E-state index in [0.29, 0.717) is 19.8 Å². The normalized spacial score (nSPS) is 20.4. The first-order chi connectivity index (χ1) is 9.81. The van der Waals surface area contributed by atoms with Crippen LogP contribution < -0.4 is 5.32 Å². The molecule has 1 aromatic carbocycles. The van der Waals surface area contributed by atoms with Crippen molar-refractivity contribution in [2.75, 3.05) is 19.8 Å². The molecule has 0 aromatic heterocycles.